The number of hydrogen-bond acceptors (Lipinski definition) is 1. The second-order valence-corrected chi connectivity index (χ2v) is 4.78. The van der Waals surface area contributed by atoms with E-state index in [4.69, 9.17) is 5.73 Å². The highest BCUT2D eigenvalue weighted by atomic mass is 79.9. The number of rotatable bonds is 3. The lowest BCUT2D eigenvalue weighted by Gasteiger charge is -2.13. The molecule has 0 aromatic heterocycles. The van der Waals surface area contributed by atoms with E-state index in [-0.39, 0.29) is 0 Å². The van der Waals surface area contributed by atoms with Gasteiger partial charge in [0.05, 0.1) is 0 Å². The first-order chi connectivity index (χ1) is 6.56. The fourth-order valence-corrected chi connectivity index (χ4v) is 2.12. The fourth-order valence-electron chi connectivity index (χ4n) is 1.54. The molecule has 0 amide bonds. The van der Waals surface area contributed by atoms with Crippen molar-refractivity contribution in [3.05, 3.63) is 33.3 Å². The van der Waals surface area contributed by atoms with Gasteiger partial charge in [0, 0.05) is 4.47 Å². The molecule has 1 aromatic carbocycles. The first-order valence-corrected chi connectivity index (χ1v) is 5.82. The van der Waals surface area contributed by atoms with Gasteiger partial charge in [-0.2, -0.15) is 0 Å². The maximum Gasteiger partial charge on any atom is 0.0209 e. The summed E-state index contributed by atoms with van der Waals surface area (Å²) in [6.45, 7) is 7.27. The maximum atomic E-state index is 5.56. The van der Waals surface area contributed by atoms with E-state index in [0.717, 1.165) is 13.0 Å². The van der Waals surface area contributed by atoms with Gasteiger partial charge in [-0.05, 0) is 55.5 Å². The Morgan fingerprint density at radius 3 is 2.50 bits per heavy atom. The van der Waals surface area contributed by atoms with Gasteiger partial charge < -0.3 is 5.73 Å². The van der Waals surface area contributed by atoms with Crippen LogP contribution in [0.15, 0.2) is 16.6 Å². The minimum absolute atomic E-state index is 0.551. The van der Waals surface area contributed by atoms with Crippen molar-refractivity contribution < 1.29 is 0 Å². The zero-order chi connectivity index (χ0) is 10.7. The molecule has 0 aliphatic carbocycles. The van der Waals surface area contributed by atoms with E-state index in [9.17, 15) is 0 Å². The number of benzene rings is 1. The molecule has 0 radical (unpaired) electrons. The van der Waals surface area contributed by atoms with Crippen LogP contribution in [-0.2, 0) is 0 Å². The Balaban J connectivity index is 3.00. The average Bonchev–Trinajstić information content (AvgIpc) is 2.13. The number of nitrogens with two attached hydrogens (primary N) is 1. The summed E-state index contributed by atoms with van der Waals surface area (Å²) in [4.78, 5) is 0. The molecule has 0 saturated carbocycles. The highest BCUT2D eigenvalue weighted by Crippen LogP contribution is 2.27. The predicted molar refractivity (Wildman–Crippen MR) is 65.7 cm³/mol. The molecule has 0 aliphatic heterocycles. The van der Waals surface area contributed by atoms with Crippen LogP contribution in [0.25, 0.3) is 0 Å². The van der Waals surface area contributed by atoms with Crippen molar-refractivity contribution in [3.8, 4) is 0 Å². The molecule has 1 nitrogen and oxygen atoms in total. The molecule has 0 spiro atoms. The number of halogens is 1. The maximum absolute atomic E-state index is 5.56. The van der Waals surface area contributed by atoms with Crippen molar-refractivity contribution in [3.63, 3.8) is 0 Å². The molecular weight excluding hydrogens is 238 g/mol. The SMILES string of the molecule is Cc1cc(C(C)CCN)cc(Br)c1C. The number of aryl methyl sites for hydroxylation is 1. The Bertz CT molecular complexity index is 297. The third kappa shape index (κ3) is 2.58. The van der Waals surface area contributed by atoms with E-state index in [1.54, 1.807) is 0 Å². The second kappa shape index (κ2) is 4.94. The van der Waals surface area contributed by atoms with Crippen molar-refractivity contribution in [1.29, 1.82) is 0 Å². The van der Waals surface area contributed by atoms with Gasteiger partial charge in [-0.25, -0.2) is 0 Å². The van der Waals surface area contributed by atoms with Gasteiger partial charge in [0.1, 0.15) is 0 Å². The quantitative estimate of drug-likeness (QED) is 0.879. The second-order valence-electron chi connectivity index (χ2n) is 3.92. The van der Waals surface area contributed by atoms with E-state index in [1.807, 2.05) is 0 Å². The monoisotopic (exact) mass is 255 g/mol. The molecule has 14 heavy (non-hydrogen) atoms. The van der Waals surface area contributed by atoms with Crippen LogP contribution in [0.4, 0.5) is 0 Å². The smallest absolute Gasteiger partial charge is 0.0209 e. The van der Waals surface area contributed by atoms with E-state index in [2.05, 4.69) is 48.8 Å². The van der Waals surface area contributed by atoms with Crippen molar-refractivity contribution >= 4 is 15.9 Å². The van der Waals surface area contributed by atoms with Gasteiger partial charge in [0.2, 0.25) is 0 Å². The van der Waals surface area contributed by atoms with Crippen LogP contribution >= 0.6 is 15.9 Å². The van der Waals surface area contributed by atoms with Crippen LogP contribution in [0.2, 0.25) is 0 Å². The minimum Gasteiger partial charge on any atom is -0.330 e. The van der Waals surface area contributed by atoms with Crippen LogP contribution in [0.1, 0.15) is 36.0 Å². The van der Waals surface area contributed by atoms with Crippen molar-refractivity contribution in [2.45, 2.75) is 33.1 Å². The summed E-state index contributed by atoms with van der Waals surface area (Å²) in [6.07, 6.45) is 1.05. The molecule has 0 saturated heterocycles. The molecule has 0 fully saturated rings. The largest absolute Gasteiger partial charge is 0.330 e. The lowest BCUT2D eigenvalue weighted by Crippen LogP contribution is -2.05. The topological polar surface area (TPSA) is 26.0 Å². The van der Waals surface area contributed by atoms with Gasteiger partial charge in [0.25, 0.3) is 0 Å². The normalized spacial score (nSPS) is 12.9. The Morgan fingerprint density at radius 1 is 1.36 bits per heavy atom. The van der Waals surface area contributed by atoms with Gasteiger partial charge in [-0.3, -0.25) is 0 Å². The standard InChI is InChI=1S/C12H18BrN/c1-8(4-5-14)11-6-9(2)10(3)12(13)7-11/h6-8H,4-5,14H2,1-3H3. The van der Waals surface area contributed by atoms with Crippen molar-refractivity contribution in [1.82, 2.24) is 0 Å². The van der Waals surface area contributed by atoms with E-state index in [1.165, 1.54) is 21.2 Å². The minimum atomic E-state index is 0.551. The first-order valence-electron chi connectivity index (χ1n) is 5.03. The Morgan fingerprint density at radius 2 is 2.00 bits per heavy atom. The Labute approximate surface area is 94.8 Å². The van der Waals surface area contributed by atoms with Crippen molar-refractivity contribution in [2.75, 3.05) is 6.54 Å². The highest BCUT2D eigenvalue weighted by molar-refractivity contribution is 9.10. The summed E-state index contributed by atoms with van der Waals surface area (Å²) in [5.41, 5.74) is 9.61. The molecule has 0 heterocycles. The lowest BCUT2D eigenvalue weighted by atomic mass is 9.95. The molecule has 2 heteroatoms. The summed E-state index contributed by atoms with van der Waals surface area (Å²) in [6, 6.07) is 4.48. The summed E-state index contributed by atoms with van der Waals surface area (Å²) < 4.78 is 1.20. The molecule has 2 N–H and O–H groups in total. The molecule has 1 unspecified atom stereocenters. The Hall–Kier alpha value is -0.340. The van der Waals surface area contributed by atoms with Gasteiger partial charge in [0.15, 0.2) is 0 Å². The molecule has 1 atom stereocenters. The van der Waals surface area contributed by atoms with Crippen molar-refractivity contribution in [2.24, 2.45) is 5.73 Å². The molecule has 0 aliphatic rings. The van der Waals surface area contributed by atoms with E-state index in [0.29, 0.717) is 5.92 Å². The lowest BCUT2D eigenvalue weighted by molar-refractivity contribution is 0.689. The van der Waals surface area contributed by atoms with Crippen LogP contribution in [-0.4, -0.2) is 6.54 Å². The van der Waals surface area contributed by atoms with Crippen LogP contribution in [0, 0.1) is 13.8 Å². The van der Waals surface area contributed by atoms with Gasteiger partial charge in [-0.15, -0.1) is 0 Å². The molecule has 78 valence electrons. The zero-order valence-electron chi connectivity index (χ0n) is 9.10. The molecule has 1 rings (SSSR count). The van der Waals surface area contributed by atoms with Crippen LogP contribution < -0.4 is 5.73 Å². The first kappa shape index (κ1) is 11.7. The van der Waals surface area contributed by atoms with E-state index < -0.39 is 0 Å². The number of hydrogen-bond donors (Lipinski definition) is 1. The van der Waals surface area contributed by atoms with E-state index >= 15 is 0 Å². The predicted octanol–water partition coefficient (Wildman–Crippen LogP) is 3.52. The summed E-state index contributed by atoms with van der Waals surface area (Å²) >= 11 is 3.59. The summed E-state index contributed by atoms with van der Waals surface area (Å²) in [7, 11) is 0. The third-order valence-electron chi connectivity index (χ3n) is 2.80. The van der Waals surface area contributed by atoms with Crippen LogP contribution in [0.3, 0.4) is 0 Å². The molecule has 0 bridgehead atoms. The highest BCUT2D eigenvalue weighted by Gasteiger charge is 2.08. The molecule has 1 aromatic rings. The fraction of sp³-hybridized carbons (Fsp3) is 0.500. The third-order valence-corrected chi connectivity index (χ3v) is 3.62. The summed E-state index contributed by atoms with van der Waals surface area (Å²) in [5.74, 6) is 0.551. The Kier molecular flexibility index (Phi) is 4.14. The summed E-state index contributed by atoms with van der Waals surface area (Å²) in [5, 5.41) is 0. The van der Waals surface area contributed by atoms with Gasteiger partial charge in [-0.1, -0.05) is 28.9 Å². The molecular formula is C12H18BrN. The van der Waals surface area contributed by atoms with Gasteiger partial charge >= 0.3 is 0 Å². The zero-order valence-corrected chi connectivity index (χ0v) is 10.7. The average molecular weight is 256 g/mol. The van der Waals surface area contributed by atoms with Crippen LogP contribution in [0.5, 0.6) is 0 Å².